The number of nitrogens with zero attached hydrogens (tertiary/aromatic N) is 2. The molecule has 1 N–H and O–H groups in total. The van der Waals surface area contributed by atoms with E-state index in [1.807, 2.05) is 6.07 Å². The van der Waals surface area contributed by atoms with Crippen molar-refractivity contribution in [2.45, 2.75) is 32.7 Å². The summed E-state index contributed by atoms with van der Waals surface area (Å²) in [5.74, 6) is 1.06. The molecule has 108 valence electrons. The Balaban J connectivity index is 1.77. The highest BCUT2D eigenvalue weighted by atomic mass is 16.7. The Labute approximate surface area is 118 Å². The molecule has 0 saturated carbocycles. The molecule has 5 heteroatoms. The normalized spacial score (nSPS) is 17.9. The summed E-state index contributed by atoms with van der Waals surface area (Å²) in [6.07, 6.45) is -0.128. The van der Waals surface area contributed by atoms with Gasteiger partial charge in [0.25, 0.3) is 0 Å². The van der Waals surface area contributed by atoms with Gasteiger partial charge in [0.2, 0.25) is 0 Å². The largest absolute Gasteiger partial charge is 0.349 e. The van der Waals surface area contributed by atoms with Crippen molar-refractivity contribution in [3.05, 3.63) is 30.1 Å². The molecule has 0 aliphatic carbocycles. The van der Waals surface area contributed by atoms with Crippen molar-refractivity contribution in [3.63, 3.8) is 0 Å². The Kier molecular flexibility index (Phi) is 4.00. The topological polar surface area (TPSA) is 48.3 Å². The van der Waals surface area contributed by atoms with Gasteiger partial charge in [-0.05, 0) is 26.0 Å². The van der Waals surface area contributed by atoms with Crippen LogP contribution in [0.1, 0.15) is 25.7 Å². The van der Waals surface area contributed by atoms with Crippen LogP contribution in [-0.2, 0) is 16.0 Å². The van der Waals surface area contributed by atoms with Crippen LogP contribution in [0.25, 0.3) is 11.0 Å². The lowest BCUT2D eigenvalue weighted by Crippen LogP contribution is -2.31. The smallest absolute Gasteiger partial charge is 0.170 e. The molecule has 1 aliphatic rings. The zero-order chi connectivity index (χ0) is 13.9. The van der Waals surface area contributed by atoms with E-state index in [4.69, 9.17) is 14.5 Å². The molecule has 1 saturated heterocycles. The van der Waals surface area contributed by atoms with E-state index < -0.39 is 0 Å². The van der Waals surface area contributed by atoms with E-state index in [1.54, 1.807) is 0 Å². The molecule has 1 aromatic heterocycles. The molecule has 2 aromatic rings. The molecule has 0 radical (unpaired) electrons. The van der Waals surface area contributed by atoms with Crippen molar-refractivity contribution in [2.24, 2.45) is 0 Å². The summed E-state index contributed by atoms with van der Waals surface area (Å²) in [6.45, 7) is 7.25. The standard InChI is InChI=1S/C15H21N3O2/c1-3-18-13-7-5-4-6-12(13)17-15(18)11(2)16-10-14-19-8-9-20-14/h4-7,11,14,16H,3,8-10H2,1-2H3/t11-/m0/s1. The number of fused-ring (bicyclic) bond motifs is 1. The summed E-state index contributed by atoms with van der Waals surface area (Å²) in [5.41, 5.74) is 2.23. The first-order chi connectivity index (χ1) is 9.79. The molecule has 1 atom stereocenters. The van der Waals surface area contributed by atoms with E-state index in [2.05, 4.69) is 41.9 Å². The number of rotatable bonds is 5. The number of aryl methyl sites for hydroxylation is 1. The summed E-state index contributed by atoms with van der Waals surface area (Å²) in [5, 5.41) is 3.44. The Hall–Kier alpha value is -1.43. The van der Waals surface area contributed by atoms with Gasteiger partial charge < -0.3 is 19.4 Å². The third-order valence-electron chi connectivity index (χ3n) is 3.67. The molecule has 20 heavy (non-hydrogen) atoms. The molecule has 0 amide bonds. The van der Waals surface area contributed by atoms with E-state index in [0.29, 0.717) is 19.8 Å². The number of imidazole rings is 1. The highest BCUT2D eigenvalue weighted by molar-refractivity contribution is 5.76. The quantitative estimate of drug-likeness (QED) is 0.907. The van der Waals surface area contributed by atoms with Gasteiger partial charge >= 0.3 is 0 Å². The molecular formula is C15H21N3O2. The van der Waals surface area contributed by atoms with E-state index in [0.717, 1.165) is 17.9 Å². The molecule has 1 aliphatic heterocycles. The minimum absolute atomic E-state index is 0.128. The van der Waals surface area contributed by atoms with Crippen molar-refractivity contribution >= 4 is 11.0 Å². The third kappa shape index (κ3) is 2.57. The number of nitrogens with one attached hydrogen (secondary N) is 1. The van der Waals surface area contributed by atoms with Crippen LogP contribution in [0.2, 0.25) is 0 Å². The summed E-state index contributed by atoms with van der Waals surface area (Å²) >= 11 is 0. The van der Waals surface area contributed by atoms with Gasteiger partial charge in [0.15, 0.2) is 6.29 Å². The van der Waals surface area contributed by atoms with Gasteiger partial charge in [0, 0.05) is 13.1 Å². The lowest BCUT2D eigenvalue weighted by Gasteiger charge is -2.17. The van der Waals surface area contributed by atoms with Gasteiger partial charge in [-0.15, -0.1) is 0 Å². The Morgan fingerprint density at radius 1 is 1.35 bits per heavy atom. The Bertz CT molecular complexity index is 576. The van der Waals surface area contributed by atoms with Crippen LogP contribution in [-0.4, -0.2) is 35.6 Å². The molecular weight excluding hydrogens is 254 g/mol. The molecule has 3 rings (SSSR count). The summed E-state index contributed by atoms with van der Waals surface area (Å²) in [7, 11) is 0. The predicted octanol–water partition coefficient (Wildman–Crippen LogP) is 2.08. The van der Waals surface area contributed by atoms with Gasteiger partial charge in [-0.25, -0.2) is 4.98 Å². The average molecular weight is 275 g/mol. The van der Waals surface area contributed by atoms with Crippen molar-refractivity contribution in [1.29, 1.82) is 0 Å². The first-order valence-corrected chi connectivity index (χ1v) is 7.21. The van der Waals surface area contributed by atoms with Crippen LogP contribution in [0.5, 0.6) is 0 Å². The minimum Gasteiger partial charge on any atom is -0.349 e. The van der Waals surface area contributed by atoms with Crippen molar-refractivity contribution in [1.82, 2.24) is 14.9 Å². The number of hydrogen-bond acceptors (Lipinski definition) is 4. The van der Waals surface area contributed by atoms with Crippen LogP contribution in [0.4, 0.5) is 0 Å². The second-order valence-corrected chi connectivity index (χ2v) is 5.00. The maximum atomic E-state index is 5.44. The van der Waals surface area contributed by atoms with Crippen LogP contribution >= 0.6 is 0 Å². The second kappa shape index (κ2) is 5.91. The van der Waals surface area contributed by atoms with Gasteiger partial charge in [0.05, 0.1) is 30.3 Å². The lowest BCUT2D eigenvalue weighted by molar-refractivity contribution is -0.0405. The highest BCUT2D eigenvalue weighted by Gasteiger charge is 2.19. The van der Waals surface area contributed by atoms with E-state index in [-0.39, 0.29) is 12.3 Å². The molecule has 5 nitrogen and oxygen atoms in total. The van der Waals surface area contributed by atoms with Gasteiger partial charge in [-0.2, -0.15) is 0 Å². The molecule has 1 aromatic carbocycles. The Morgan fingerprint density at radius 2 is 2.10 bits per heavy atom. The summed E-state index contributed by atoms with van der Waals surface area (Å²) in [4.78, 5) is 4.75. The minimum atomic E-state index is -0.128. The zero-order valence-corrected chi connectivity index (χ0v) is 12.0. The number of aromatic nitrogens is 2. The zero-order valence-electron chi connectivity index (χ0n) is 12.0. The van der Waals surface area contributed by atoms with Crippen molar-refractivity contribution < 1.29 is 9.47 Å². The van der Waals surface area contributed by atoms with Crippen LogP contribution < -0.4 is 5.32 Å². The molecule has 0 spiro atoms. The van der Waals surface area contributed by atoms with Gasteiger partial charge in [0.1, 0.15) is 5.82 Å². The summed E-state index contributed by atoms with van der Waals surface area (Å²) in [6, 6.07) is 8.41. The maximum absolute atomic E-state index is 5.44. The first-order valence-electron chi connectivity index (χ1n) is 7.21. The molecule has 0 bridgehead atoms. The van der Waals surface area contributed by atoms with Crippen molar-refractivity contribution in [3.8, 4) is 0 Å². The SMILES string of the molecule is CCn1c([C@H](C)NCC2OCCO2)nc2ccccc21. The van der Waals surface area contributed by atoms with Crippen LogP contribution in [0.15, 0.2) is 24.3 Å². The highest BCUT2D eigenvalue weighted by Crippen LogP contribution is 2.20. The molecule has 0 unspecified atom stereocenters. The number of hydrogen-bond donors (Lipinski definition) is 1. The van der Waals surface area contributed by atoms with Gasteiger partial charge in [-0.1, -0.05) is 12.1 Å². The number of ether oxygens (including phenoxy) is 2. The summed E-state index contributed by atoms with van der Waals surface area (Å²) < 4.78 is 13.1. The maximum Gasteiger partial charge on any atom is 0.170 e. The van der Waals surface area contributed by atoms with Gasteiger partial charge in [-0.3, -0.25) is 0 Å². The van der Waals surface area contributed by atoms with Crippen molar-refractivity contribution in [2.75, 3.05) is 19.8 Å². The monoisotopic (exact) mass is 275 g/mol. The molecule has 2 heterocycles. The third-order valence-corrected chi connectivity index (χ3v) is 3.67. The van der Waals surface area contributed by atoms with Crippen LogP contribution in [0.3, 0.4) is 0 Å². The first kappa shape index (κ1) is 13.5. The number of para-hydroxylation sites is 2. The second-order valence-electron chi connectivity index (χ2n) is 5.00. The average Bonchev–Trinajstić information content (AvgIpc) is 3.11. The fourth-order valence-electron chi connectivity index (χ4n) is 2.65. The fourth-order valence-corrected chi connectivity index (χ4v) is 2.65. The molecule has 1 fully saturated rings. The fraction of sp³-hybridized carbons (Fsp3) is 0.533. The van der Waals surface area contributed by atoms with Crippen LogP contribution in [0, 0.1) is 0 Å². The van der Waals surface area contributed by atoms with E-state index >= 15 is 0 Å². The van der Waals surface area contributed by atoms with E-state index in [9.17, 15) is 0 Å². The predicted molar refractivity (Wildman–Crippen MR) is 77.5 cm³/mol. The van der Waals surface area contributed by atoms with E-state index in [1.165, 1.54) is 5.52 Å². The Morgan fingerprint density at radius 3 is 2.85 bits per heavy atom. The lowest BCUT2D eigenvalue weighted by atomic mass is 10.3. The number of benzene rings is 1.